The Labute approximate surface area is 193 Å². The summed E-state index contributed by atoms with van der Waals surface area (Å²) in [5, 5.41) is 2.72. The van der Waals surface area contributed by atoms with Crippen LogP contribution in [0.1, 0.15) is 70.1 Å². The molecule has 0 radical (unpaired) electrons. The predicted octanol–water partition coefficient (Wildman–Crippen LogP) is 3.51. The predicted molar refractivity (Wildman–Crippen MR) is 124 cm³/mol. The summed E-state index contributed by atoms with van der Waals surface area (Å²) < 4.78 is 27.0. The molecule has 4 rings (SSSR count). The van der Waals surface area contributed by atoms with Gasteiger partial charge >= 0.3 is 0 Å². The van der Waals surface area contributed by atoms with E-state index >= 15 is 0 Å². The number of amides is 3. The molecule has 1 fully saturated rings. The Kier molecular flexibility index (Phi) is 6.62. The summed E-state index contributed by atoms with van der Waals surface area (Å²) in [6.45, 7) is 3.39. The van der Waals surface area contributed by atoms with Gasteiger partial charge in [-0.15, -0.1) is 0 Å². The van der Waals surface area contributed by atoms with Gasteiger partial charge in [0.05, 0.1) is 16.0 Å². The van der Waals surface area contributed by atoms with Gasteiger partial charge in [0.15, 0.2) is 0 Å². The molecule has 2 aliphatic heterocycles. The van der Waals surface area contributed by atoms with Crippen LogP contribution in [0.3, 0.4) is 0 Å². The molecular weight excluding hydrogens is 442 g/mol. The standard InChI is InChI=1S/C24H27N3O5S/c1-2-3-15-27-23(29)20-12-7-17(16-21(20)24(27)30)22(28)25-18-8-10-19(11-9-18)33(31,32)26-13-5-4-6-14-26/h7-12,16H,2-6,13-15H2,1H3,(H,25,28). The third-order valence-corrected chi connectivity index (χ3v) is 7.95. The largest absolute Gasteiger partial charge is 0.322 e. The average molecular weight is 470 g/mol. The molecule has 0 spiro atoms. The number of fused-ring (bicyclic) bond motifs is 1. The number of nitrogens with one attached hydrogen (secondary N) is 1. The summed E-state index contributed by atoms with van der Waals surface area (Å²) in [5.41, 5.74) is 1.22. The zero-order valence-corrected chi connectivity index (χ0v) is 19.4. The molecular formula is C24H27N3O5S. The number of nitrogens with zero attached hydrogens (tertiary/aromatic N) is 2. The van der Waals surface area contributed by atoms with Gasteiger partial charge in [0.1, 0.15) is 0 Å². The Hall–Kier alpha value is -3.04. The first-order valence-electron chi connectivity index (χ1n) is 11.2. The molecule has 0 saturated carbocycles. The summed E-state index contributed by atoms with van der Waals surface area (Å²) in [5.74, 6) is -1.16. The van der Waals surface area contributed by atoms with Crippen LogP contribution in [0.15, 0.2) is 47.4 Å². The van der Waals surface area contributed by atoms with Gasteiger partial charge in [-0.2, -0.15) is 4.31 Å². The molecule has 0 unspecified atom stereocenters. The molecule has 33 heavy (non-hydrogen) atoms. The highest BCUT2D eigenvalue weighted by atomic mass is 32.2. The minimum absolute atomic E-state index is 0.191. The van der Waals surface area contributed by atoms with Gasteiger partial charge in [0.25, 0.3) is 17.7 Å². The van der Waals surface area contributed by atoms with Crippen LogP contribution in [0.4, 0.5) is 5.69 Å². The summed E-state index contributed by atoms with van der Waals surface area (Å²) in [6, 6.07) is 10.5. The van der Waals surface area contributed by atoms with Crippen LogP contribution in [0.5, 0.6) is 0 Å². The maximum absolute atomic E-state index is 12.8. The fourth-order valence-corrected chi connectivity index (χ4v) is 5.64. The first kappa shape index (κ1) is 23.1. The third-order valence-electron chi connectivity index (χ3n) is 6.03. The second-order valence-corrected chi connectivity index (χ2v) is 10.3. The van der Waals surface area contributed by atoms with Crippen LogP contribution in [0.2, 0.25) is 0 Å². The van der Waals surface area contributed by atoms with Crippen LogP contribution in [-0.4, -0.2) is 55.0 Å². The second-order valence-electron chi connectivity index (χ2n) is 8.32. The van der Waals surface area contributed by atoms with Crippen molar-refractivity contribution in [1.29, 1.82) is 0 Å². The fraction of sp³-hybridized carbons (Fsp3) is 0.375. The minimum Gasteiger partial charge on any atom is -0.322 e. The van der Waals surface area contributed by atoms with Crippen LogP contribution in [0, 0.1) is 0 Å². The molecule has 2 heterocycles. The fourth-order valence-electron chi connectivity index (χ4n) is 4.12. The van der Waals surface area contributed by atoms with Crippen LogP contribution in [-0.2, 0) is 10.0 Å². The Balaban J connectivity index is 1.47. The van der Waals surface area contributed by atoms with Crippen molar-refractivity contribution in [2.75, 3.05) is 25.0 Å². The number of benzene rings is 2. The lowest BCUT2D eigenvalue weighted by Gasteiger charge is -2.25. The molecule has 8 nitrogen and oxygen atoms in total. The maximum atomic E-state index is 12.8. The molecule has 174 valence electrons. The minimum atomic E-state index is -3.54. The van der Waals surface area contributed by atoms with Gasteiger partial charge in [-0.05, 0) is 61.7 Å². The molecule has 0 aliphatic carbocycles. The number of unbranched alkanes of at least 4 members (excludes halogenated alkanes) is 1. The lowest BCUT2D eigenvalue weighted by molar-refractivity contribution is 0.0652. The molecule has 2 aromatic carbocycles. The lowest BCUT2D eigenvalue weighted by Crippen LogP contribution is -2.35. The van der Waals surface area contributed by atoms with Crippen LogP contribution in [0.25, 0.3) is 0 Å². The number of anilines is 1. The van der Waals surface area contributed by atoms with E-state index in [9.17, 15) is 22.8 Å². The van der Waals surface area contributed by atoms with Crippen LogP contribution < -0.4 is 5.32 Å². The number of hydrogen-bond acceptors (Lipinski definition) is 5. The summed E-state index contributed by atoms with van der Waals surface area (Å²) >= 11 is 0. The molecule has 2 aromatic rings. The van der Waals surface area contributed by atoms with E-state index < -0.39 is 15.9 Å². The molecule has 9 heteroatoms. The number of imide groups is 1. The normalized spacial score (nSPS) is 16.7. The summed E-state index contributed by atoms with van der Waals surface area (Å²) in [6.07, 6.45) is 4.34. The first-order chi connectivity index (χ1) is 15.8. The van der Waals surface area contributed by atoms with Gasteiger partial charge < -0.3 is 5.32 Å². The molecule has 0 bridgehead atoms. The zero-order valence-electron chi connectivity index (χ0n) is 18.5. The van der Waals surface area contributed by atoms with E-state index in [1.54, 1.807) is 12.1 Å². The van der Waals surface area contributed by atoms with Crippen molar-refractivity contribution in [1.82, 2.24) is 9.21 Å². The van der Waals surface area contributed by atoms with Crippen molar-refractivity contribution in [3.63, 3.8) is 0 Å². The highest BCUT2D eigenvalue weighted by Crippen LogP contribution is 2.26. The lowest BCUT2D eigenvalue weighted by atomic mass is 10.1. The van der Waals surface area contributed by atoms with Crippen molar-refractivity contribution < 1.29 is 22.8 Å². The topological polar surface area (TPSA) is 104 Å². The van der Waals surface area contributed by atoms with Gasteiger partial charge in [-0.1, -0.05) is 19.8 Å². The molecule has 3 amide bonds. The molecule has 2 aliphatic rings. The summed E-state index contributed by atoms with van der Waals surface area (Å²) in [7, 11) is -3.54. The van der Waals surface area contributed by atoms with Crippen molar-refractivity contribution in [2.45, 2.75) is 43.9 Å². The highest BCUT2D eigenvalue weighted by Gasteiger charge is 2.35. The average Bonchev–Trinajstić information content (AvgIpc) is 3.07. The third kappa shape index (κ3) is 4.56. The number of piperidine rings is 1. The number of carbonyl (C=O) groups excluding carboxylic acids is 3. The maximum Gasteiger partial charge on any atom is 0.261 e. The van der Waals surface area contributed by atoms with Crippen molar-refractivity contribution in [3.05, 3.63) is 59.2 Å². The van der Waals surface area contributed by atoms with Crippen molar-refractivity contribution >= 4 is 33.4 Å². The molecule has 1 N–H and O–H groups in total. The van der Waals surface area contributed by atoms with Crippen molar-refractivity contribution in [2.24, 2.45) is 0 Å². The number of hydrogen-bond donors (Lipinski definition) is 1. The monoisotopic (exact) mass is 469 g/mol. The van der Waals surface area contributed by atoms with Crippen LogP contribution >= 0.6 is 0 Å². The van der Waals surface area contributed by atoms with Gasteiger partial charge in [-0.3, -0.25) is 19.3 Å². The van der Waals surface area contributed by atoms with Crippen molar-refractivity contribution in [3.8, 4) is 0 Å². The smallest absolute Gasteiger partial charge is 0.261 e. The van der Waals surface area contributed by atoms with Gasteiger partial charge in [-0.25, -0.2) is 8.42 Å². The number of sulfonamides is 1. The molecule has 0 atom stereocenters. The van der Waals surface area contributed by atoms with Gasteiger partial charge in [0.2, 0.25) is 10.0 Å². The van der Waals surface area contributed by atoms with E-state index in [-0.39, 0.29) is 27.8 Å². The van der Waals surface area contributed by atoms with E-state index in [0.29, 0.717) is 30.9 Å². The van der Waals surface area contributed by atoms with E-state index in [4.69, 9.17) is 0 Å². The molecule has 0 aromatic heterocycles. The van der Waals surface area contributed by atoms with Gasteiger partial charge in [0, 0.05) is 30.9 Å². The van der Waals surface area contributed by atoms with E-state index in [1.165, 1.54) is 39.5 Å². The molecule has 1 saturated heterocycles. The Morgan fingerprint density at radius 3 is 2.27 bits per heavy atom. The number of carbonyl (C=O) groups is 3. The zero-order chi connectivity index (χ0) is 23.6. The quantitative estimate of drug-likeness (QED) is 0.625. The Morgan fingerprint density at radius 2 is 1.61 bits per heavy atom. The first-order valence-corrected chi connectivity index (χ1v) is 12.7. The van der Waals surface area contributed by atoms with E-state index in [2.05, 4.69) is 5.32 Å². The number of rotatable bonds is 7. The highest BCUT2D eigenvalue weighted by molar-refractivity contribution is 7.89. The Morgan fingerprint density at radius 1 is 0.939 bits per heavy atom. The second kappa shape index (κ2) is 9.44. The van der Waals surface area contributed by atoms with E-state index in [0.717, 1.165) is 32.1 Å². The summed E-state index contributed by atoms with van der Waals surface area (Å²) in [4.78, 5) is 39.2. The Bertz CT molecular complexity index is 1190. The SMILES string of the molecule is CCCCN1C(=O)c2ccc(C(=O)Nc3ccc(S(=O)(=O)N4CCCCC4)cc3)cc2C1=O. The van der Waals surface area contributed by atoms with E-state index in [1.807, 2.05) is 6.92 Å².